The quantitative estimate of drug-likeness (QED) is 0.627. The number of phenols is 1. The minimum absolute atomic E-state index is 0.0221. The molecule has 2 heterocycles. The van der Waals surface area contributed by atoms with Crippen molar-refractivity contribution in [3.63, 3.8) is 0 Å². The monoisotopic (exact) mass is 467 g/mol. The minimum Gasteiger partial charge on any atom is -0.508 e. The molecule has 1 N–H and O–H groups in total. The molecule has 3 atom stereocenters. The SMILES string of the molecule is C[C@@H]1C2CCN(Cc3c(Br)c(=O)n(-c4ccccc4)n3C)[C@H]1Cc1ccc(O)cc12. The molecule has 30 heavy (non-hydrogen) atoms. The predicted molar refractivity (Wildman–Crippen MR) is 121 cm³/mol. The van der Waals surface area contributed by atoms with Gasteiger partial charge in [0.15, 0.2) is 0 Å². The maximum Gasteiger partial charge on any atom is 0.286 e. The van der Waals surface area contributed by atoms with Crippen LogP contribution in [0, 0.1) is 5.92 Å². The fraction of sp³-hybridized carbons (Fsp3) is 0.375. The molecule has 1 unspecified atom stereocenters. The molecular formula is C24H26BrN3O2. The molecule has 1 saturated heterocycles. The third-order valence-electron chi connectivity index (χ3n) is 7.07. The first-order valence-corrected chi connectivity index (χ1v) is 11.3. The number of aromatic nitrogens is 2. The number of fused-ring (bicyclic) bond motifs is 4. The number of halogens is 1. The van der Waals surface area contributed by atoms with Crippen LogP contribution in [0.1, 0.15) is 36.1 Å². The van der Waals surface area contributed by atoms with Crippen molar-refractivity contribution in [1.82, 2.24) is 14.3 Å². The molecule has 1 aliphatic heterocycles. The standard InChI is InChI=1S/C24H26BrN3O2/c1-15-19-10-11-27(21(15)12-16-8-9-18(29)13-20(16)19)14-22-23(25)24(30)28(26(22)2)17-6-4-3-5-7-17/h3-9,13,15,19,21,29H,10-12,14H2,1-2H3/t15-,19?,21+/m1/s1. The van der Waals surface area contributed by atoms with E-state index in [0.29, 0.717) is 28.1 Å². The summed E-state index contributed by atoms with van der Waals surface area (Å²) in [6, 6.07) is 16.0. The van der Waals surface area contributed by atoms with Crippen LogP contribution in [-0.4, -0.2) is 32.0 Å². The molecule has 2 bridgehead atoms. The predicted octanol–water partition coefficient (Wildman–Crippen LogP) is 4.19. The number of para-hydroxylation sites is 1. The lowest BCUT2D eigenvalue weighted by molar-refractivity contribution is 0.0648. The van der Waals surface area contributed by atoms with Crippen molar-refractivity contribution in [3.05, 3.63) is 80.2 Å². The summed E-state index contributed by atoms with van der Waals surface area (Å²) in [5.74, 6) is 1.37. The van der Waals surface area contributed by atoms with Crippen LogP contribution < -0.4 is 5.56 Å². The summed E-state index contributed by atoms with van der Waals surface area (Å²) in [6.07, 6.45) is 2.05. The molecule has 0 saturated carbocycles. The molecule has 1 aromatic heterocycles. The highest BCUT2D eigenvalue weighted by Crippen LogP contribution is 2.45. The number of nitrogens with zero attached hydrogens (tertiary/aromatic N) is 3. The lowest BCUT2D eigenvalue weighted by Gasteiger charge is -2.48. The maximum absolute atomic E-state index is 13.0. The van der Waals surface area contributed by atoms with Crippen molar-refractivity contribution >= 4 is 15.9 Å². The lowest BCUT2D eigenvalue weighted by atomic mass is 9.68. The van der Waals surface area contributed by atoms with Crippen LogP contribution in [0.2, 0.25) is 0 Å². The molecule has 1 aliphatic carbocycles. The third-order valence-corrected chi connectivity index (χ3v) is 7.87. The van der Waals surface area contributed by atoms with E-state index in [1.807, 2.05) is 48.1 Å². The fourth-order valence-corrected chi connectivity index (χ4v) is 6.01. The van der Waals surface area contributed by atoms with Crippen molar-refractivity contribution in [2.24, 2.45) is 13.0 Å². The van der Waals surface area contributed by atoms with E-state index in [1.54, 1.807) is 10.7 Å². The number of aromatic hydroxyl groups is 1. The van der Waals surface area contributed by atoms with Crippen molar-refractivity contribution in [2.75, 3.05) is 6.54 Å². The van der Waals surface area contributed by atoms with Gasteiger partial charge in [-0.1, -0.05) is 31.2 Å². The van der Waals surface area contributed by atoms with Crippen molar-refractivity contribution in [2.45, 2.75) is 38.3 Å². The van der Waals surface area contributed by atoms with Crippen molar-refractivity contribution in [1.29, 1.82) is 0 Å². The smallest absolute Gasteiger partial charge is 0.286 e. The van der Waals surface area contributed by atoms with Crippen LogP contribution in [0.15, 0.2) is 57.8 Å². The molecule has 0 spiro atoms. The van der Waals surface area contributed by atoms with Crippen LogP contribution in [0.4, 0.5) is 0 Å². The molecule has 2 aromatic carbocycles. The second-order valence-corrected chi connectivity index (χ2v) is 9.41. The number of rotatable bonds is 3. The van der Waals surface area contributed by atoms with E-state index in [1.165, 1.54) is 11.1 Å². The zero-order valence-electron chi connectivity index (χ0n) is 17.3. The molecule has 0 radical (unpaired) electrons. The first-order chi connectivity index (χ1) is 14.5. The first-order valence-electron chi connectivity index (χ1n) is 10.5. The second kappa shape index (κ2) is 7.43. The van der Waals surface area contributed by atoms with E-state index < -0.39 is 0 Å². The van der Waals surface area contributed by atoms with Crippen molar-refractivity contribution < 1.29 is 5.11 Å². The molecule has 5 nitrogen and oxygen atoms in total. The minimum atomic E-state index is -0.0221. The van der Waals surface area contributed by atoms with E-state index in [9.17, 15) is 9.90 Å². The molecule has 6 heteroatoms. The average molecular weight is 468 g/mol. The van der Waals surface area contributed by atoms with Gasteiger partial charge in [-0.2, -0.15) is 0 Å². The number of hydrogen-bond acceptors (Lipinski definition) is 3. The normalized spacial score (nSPS) is 23.4. The number of piperidine rings is 1. The van der Waals surface area contributed by atoms with Gasteiger partial charge in [-0.25, -0.2) is 4.68 Å². The zero-order valence-corrected chi connectivity index (χ0v) is 18.8. The molecule has 2 aliphatic rings. The zero-order chi connectivity index (χ0) is 21.0. The average Bonchev–Trinajstić information content (AvgIpc) is 2.94. The Hall–Kier alpha value is -2.31. The van der Waals surface area contributed by atoms with Gasteiger partial charge in [0, 0.05) is 19.6 Å². The molecule has 5 rings (SSSR count). The Balaban J connectivity index is 1.48. The Bertz CT molecular complexity index is 1150. The van der Waals surface area contributed by atoms with Gasteiger partial charge in [0.05, 0.1) is 11.4 Å². The largest absolute Gasteiger partial charge is 0.508 e. The van der Waals surface area contributed by atoms with Crippen LogP contribution in [0.5, 0.6) is 5.75 Å². The summed E-state index contributed by atoms with van der Waals surface area (Å²) in [5, 5.41) is 9.95. The molecule has 3 aromatic rings. The number of likely N-dealkylation sites (tertiary alicyclic amines) is 1. The van der Waals surface area contributed by atoms with Crippen LogP contribution in [-0.2, 0) is 20.0 Å². The van der Waals surface area contributed by atoms with Gasteiger partial charge in [-0.3, -0.25) is 14.4 Å². The Morgan fingerprint density at radius 3 is 2.70 bits per heavy atom. The lowest BCUT2D eigenvalue weighted by Crippen LogP contribution is -2.50. The Morgan fingerprint density at radius 1 is 1.17 bits per heavy atom. The van der Waals surface area contributed by atoms with Crippen LogP contribution in [0.25, 0.3) is 5.69 Å². The number of hydrogen-bond donors (Lipinski definition) is 1. The Kier molecular flexibility index (Phi) is 4.86. The van der Waals surface area contributed by atoms with E-state index in [0.717, 1.165) is 37.3 Å². The van der Waals surface area contributed by atoms with Crippen LogP contribution >= 0.6 is 15.9 Å². The first kappa shape index (κ1) is 19.6. The summed E-state index contributed by atoms with van der Waals surface area (Å²) >= 11 is 3.58. The molecule has 1 fully saturated rings. The highest BCUT2D eigenvalue weighted by atomic mass is 79.9. The summed E-state index contributed by atoms with van der Waals surface area (Å²) in [6.45, 7) is 4.06. The van der Waals surface area contributed by atoms with Gasteiger partial charge < -0.3 is 5.11 Å². The number of phenolic OH excluding ortho intramolecular Hbond substituents is 1. The maximum atomic E-state index is 13.0. The van der Waals surface area contributed by atoms with E-state index in [-0.39, 0.29) is 5.56 Å². The Morgan fingerprint density at radius 2 is 1.93 bits per heavy atom. The van der Waals surface area contributed by atoms with E-state index in [2.05, 4.69) is 33.8 Å². The summed E-state index contributed by atoms with van der Waals surface area (Å²) in [5.41, 5.74) is 4.52. The van der Waals surface area contributed by atoms with Gasteiger partial charge in [-0.05, 0) is 82.5 Å². The van der Waals surface area contributed by atoms with Gasteiger partial charge in [-0.15, -0.1) is 0 Å². The Labute approximate surface area is 184 Å². The summed E-state index contributed by atoms with van der Waals surface area (Å²) in [4.78, 5) is 15.5. The topological polar surface area (TPSA) is 50.4 Å². The van der Waals surface area contributed by atoms with E-state index >= 15 is 0 Å². The fourth-order valence-electron chi connectivity index (χ4n) is 5.46. The summed E-state index contributed by atoms with van der Waals surface area (Å²) in [7, 11) is 1.96. The summed E-state index contributed by atoms with van der Waals surface area (Å²) < 4.78 is 4.35. The number of benzene rings is 2. The highest BCUT2D eigenvalue weighted by molar-refractivity contribution is 9.10. The van der Waals surface area contributed by atoms with Gasteiger partial charge in [0.25, 0.3) is 5.56 Å². The van der Waals surface area contributed by atoms with Crippen molar-refractivity contribution in [3.8, 4) is 11.4 Å². The van der Waals surface area contributed by atoms with E-state index in [4.69, 9.17) is 0 Å². The molecular weight excluding hydrogens is 442 g/mol. The second-order valence-electron chi connectivity index (χ2n) is 8.62. The van der Waals surface area contributed by atoms with Gasteiger partial charge in [0.2, 0.25) is 0 Å². The molecule has 0 amide bonds. The highest BCUT2D eigenvalue weighted by Gasteiger charge is 2.41. The third kappa shape index (κ3) is 3.05. The molecule has 156 valence electrons. The van der Waals surface area contributed by atoms with Gasteiger partial charge in [0.1, 0.15) is 10.2 Å². The van der Waals surface area contributed by atoms with Crippen LogP contribution in [0.3, 0.4) is 0 Å². The van der Waals surface area contributed by atoms with Gasteiger partial charge >= 0.3 is 0 Å².